The first-order chi connectivity index (χ1) is 8.20. The quantitative estimate of drug-likeness (QED) is 0.863. The molecule has 2 rings (SSSR count). The highest BCUT2D eigenvalue weighted by Gasteiger charge is 2.08. The lowest BCUT2D eigenvalue weighted by Crippen LogP contribution is -2.06. The number of aromatic nitrogens is 5. The molecule has 6 heteroatoms. The summed E-state index contributed by atoms with van der Waals surface area (Å²) in [6.45, 7) is 4.92. The highest BCUT2D eigenvalue weighted by molar-refractivity contribution is 5.55. The molecule has 6 nitrogen and oxygen atoms in total. The summed E-state index contributed by atoms with van der Waals surface area (Å²) in [4.78, 5) is 8.79. The second-order valence-corrected chi connectivity index (χ2v) is 3.89. The van der Waals surface area contributed by atoms with Gasteiger partial charge in [-0.2, -0.15) is 0 Å². The fourth-order valence-corrected chi connectivity index (χ4v) is 1.54. The molecule has 2 heterocycles. The van der Waals surface area contributed by atoms with Gasteiger partial charge in [0, 0.05) is 19.3 Å². The van der Waals surface area contributed by atoms with Crippen molar-refractivity contribution in [2.24, 2.45) is 7.05 Å². The number of rotatable bonds is 4. The van der Waals surface area contributed by atoms with Gasteiger partial charge in [-0.1, -0.05) is 12.1 Å². The maximum absolute atomic E-state index is 4.45. The molecule has 0 spiro atoms. The van der Waals surface area contributed by atoms with Crippen LogP contribution in [0.4, 0.5) is 5.95 Å². The molecule has 1 N–H and O–H groups in total. The second kappa shape index (κ2) is 4.90. The Morgan fingerprint density at radius 2 is 2.18 bits per heavy atom. The number of anilines is 1. The molecule has 0 radical (unpaired) electrons. The standard InChI is InChI=1S/C11H16N6/c1-4-5-12-11-14-8(2)6-9(15-11)10-7-13-16-17(10)3/h6-7H,4-5H2,1-3H3,(H,12,14,15). The van der Waals surface area contributed by atoms with Gasteiger partial charge in [0.25, 0.3) is 0 Å². The molecule has 0 atom stereocenters. The van der Waals surface area contributed by atoms with Crippen molar-refractivity contribution in [1.29, 1.82) is 0 Å². The lowest BCUT2D eigenvalue weighted by molar-refractivity contribution is 0.719. The lowest BCUT2D eigenvalue weighted by Gasteiger charge is -2.06. The van der Waals surface area contributed by atoms with E-state index in [1.54, 1.807) is 10.9 Å². The molecule has 0 aliphatic rings. The van der Waals surface area contributed by atoms with Gasteiger partial charge in [-0.25, -0.2) is 14.6 Å². The van der Waals surface area contributed by atoms with Gasteiger partial charge in [0.05, 0.1) is 11.9 Å². The van der Waals surface area contributed by atoms with E-state index >= 15 is 0 Å². The van der Waals surface area contributed by atoms with Crippen molar-refractivity contribution >= 4 is 5.95 Å². The van der Waals surface area contributed by atoms with E-state index in [-0.39, 0.29) is 0 Å². The molecule has 0 fully saturated rings. The maximum atomic E-state index is 4.45. The average Bonchev–Trinajstić information content (AvgIpc) is 2.72. The Bertz CT molecular complexity index is 504. The van der Waals surface area contributed by atoms with Crippen LogP contribution >= 0.6 is 0 Å². The topological polar surface area (TPSA) is 68.5 Å². The number of aryl methyl sites for hydroxylation is 2. The van der Waals surface area contributed by atoms with E-state index in [1.165, 1.54) is 0 Å². The highest BCUT2D eigenvalue weighted by atomic mass is 15.4. The van der Waals surface area contributed by atoms with Gasteiger partial charge in [0.15, 0.2) is 0 Å². The van der Waals surface area contributed by atoms with Crippen LogP contribution in [0, 0.1) is 6.92 Å². The van der Waals surface area contributed by atoms with E-state index in [2.05, 4.69) is 32.5 Å². The molecule has 90 valence electrons. The van der Waals surface area contributed by atoms with Gasteiger partial charge in [0.2, 0.25) is 5.95 Å². The fourth-order valence-electron chi connectivity index (χ4n) is 1.54. The zero-order chi connectivity index (χ0) is 12.3. The Morgan fingerprint density at radius 1 is 1.35 bits per heavy atom. The zero-order valence-corrected chi connectivity index (χ0v) is 10.3. The van der Waals surface area contributed by atoms with Crippen molar-refractivity contribution in [2.45, 2.75) is 20.3 Å². The molecule has 0 saturated carbocycles. The van der Waals surface area contributed by atoms with Gasteiger partial charge in [0.1, 0.15) is 5.69 Å². The van der Waals surface area contributed by atoms with Gasteiger partial charge in [-0.3, -0.25) is 0 Å². The smallest absolute Gasteiger partial charge is 0.223 e. The summed E-state index contributed by atoms with van der Waals surface area (Å²) in [5.74, 6) is 0.656. The summed E-state index contributed by atoms with van der Waals surface area (Å²) in [5.41, 5.74) is 2.65. The molecule has 0 aromatic carbocycles. The van der Waals surface area contributed by atoms with E-state index in [0.29, 0.717) is 5.95 Å². The molecular formula is C11H16N6. The Morgan fingerprint density at radius 3 is 2.82 bits per heavy atom. The van der Waals surface area contributed by atoms with E-state index in [0.717, 1.165) is 30.0 Å². The third kappa shape index (κ3) is 2.58. The van der Waals surface area contributed by atoms with Gasteiger partial charge in [-0.05, 0) is 19.4 Å². The maximum Gasteiger partial charge on any atom is 0.223 e. The van der Waals surface area contributed by atoms with Crippen molar-refractivity contribution in [2.75, 3.05) is 11.9 Å². The molecule has 0 bridgehead atoms. The normalized spacial score (nSPS) is 10.5. The Kier molecular flexibility index (Phi) is 3.32. The number of hydrogen-bond donors (Lipinski definition) is 1. The first kappa shape index (κ1) is 11.5. The zero-order valence-electron chi connectivity index (χ0n) is 10.3. The summed E-state index contributed by atoms with van der Waals surface area (Å²) >= 11 is 0. The molecule has 0 unspecified atom stereocenters. The molecular weight excluding hydrogens is 216 g/mol. The molecule has 0 saturated heterocycles. The van der Waals surface area contributed by atoms with Crippen LogP contribution in [0.2, 0.25) is 0 Å². The van der Waals surface area contributed by atoms with Gasteiger partial charge < -0.3 is 5.32 Å². The summed E-state index contributed by atoms with van der Waals surface area (Å²) in [6.07, 6.45) is 2.74. The lowest BCUT2D eigenvalue weighted by atomic mass is 10.3. The van der Waals surface area contributed by atoms with Crippen molar-refractivity contribution in [3.8, 4) is 11.4 Å². The fraction of sp³-hybridized carbons (Fsp3) is 0.455. The molecule has 0 amide bonds. The molecule has 17 heavy (non-hydrogen) atoms. The van der Waals surface area contributed by atoms with Crippen LogP contribution in [0.3, 0.4) is 0 Å². The van der Waals surface area contributed by atoms with E-state index in [1.807, 2.05) is 20.0 Å². The minimum atomic E-state index is 0.656. The monoisotopic (exact) mass is 232 g/mol. The first-order valence-electron chi connectivity index (χ1n) is 5.65. The summed E-state index contributed by atoms with van der Waals surface area (Å²) in [5, 5.41) is 10.9. The van der Waals surface area contributed by atoms with Crippen LogP contribution in [0.25, 0.3) is 11.4 Å². The third-order valence-electron chi connectivity index (χ3n) is 2.36. The summed E-state index contributed by atoms with van der Waals surface area (Å²) < 4.78 is 1.70. The number of hydrogen-bond acceptors (Lipinski definition) is 5. The SMILES string of the molecule is CCCNc1nc(C)cc(-c2cnnn2C)n1. The minimum Gasteiger partial charge on any atom is -0.354 e. The van der Waals surface area contributed by atoms with Crippen LogP contribution in [-0.4, -0.2) is 31.5 Å². The van der Waals surface area contributed by atoms with Crippen molar-refractivity contribution in [1.82, 2.24) is 25.0 Å². The van der Waals surface area contributed by atoms with Crippen molar-refractivity contribution < 1.29 is 0 Å². The Hall–Kier alpha value is -1.98. The second-order valence-electron chi connectivity index (χ2n) is 3.89. The summed E-state index contributed by atoms with van der Waals surface area (Å²) in [7, 11) is 1.85. The largest absolute Gasteiger partial charge is 0.354 e. The van der Waals surface area contributed by atoms with Crippen molar-refractivity contribution in [3.05, 3.63) is 18.0 Å². The van der Waals surface area contributed by atoms with Crippen LogP contribution in [0.1, 0.15) is 19.0 Å². The number of nitrogens with one attached hydrogen (secondary N) is 1. The summed E-state index contributed by atoms with van der Waals surface area (Å²) in [6, 6.07) is 1.93. The molecule has 0 aliphatic carbocycles. The van der Waals surface area contributed by atoms with E-state index in [9.17, 15) is 0 Å². The predicted octanol–water partition coefficient (Wildman–Crippen LogP) is 1.40. The molecule has 2 aromatic rings. The molecule has 2 aromatic heterocycles. The Labute approximate surface area is 100 Å². The van der Waals surface area contributed by atoms with E-state index < -0.39 is 0 Å². The van der Waals surface area contributed by atoms with Crippen LogP contribution in [0.15, 0.2) is 12.3 Å². The molecule has 0 aliphatic heterocycles. The number of nitrogens with zero attached hydrogens (tertiary/aromatic N) is 5. The van der Waals surface area contributed by atoms with Crippen molar-refractivity contribution in [3.63, 3.8) is 0 Å². The minimum absolute atomic E-state index is 0.656. The van der Waals surface area contributed by atoms with Crippen LogP contribution in [0.5, 0.6) is 0 Å². The van der Waals surface area contributed by atoms with Crippen LogP contribution < -0.4 is 5.32 Å². The first-order valence-corrected chi connectivity index (χ1v) is 5.65. The average molecular weight is 232 g/mol. The predicted molar refractivity (Wildman–Crippen MR) is 65.5 cm³/mol. The van der Waals surface area contributed by atoms with E-state index in [4.69, 9.17) is 0 Å². The third-order valence-corrected chi connectivity index (χ3v) is 2.36. The highest BCUT2D eigenvalue weighted by Crippen LogP contribution is 2.17. The Balaban J connectivity index is 2.35. The van der Waals surface area contributed by atoms with Gasteiger partial charge >= 0.3 is 0 Å². The van der Waals surface area contributed by atoms with Gasteiger partial charge in [-0.15, -0.1) is 5.10 Å². The van der Waals surface area contributed by atoms with Crippen LogP contribution in [-0.2, 0) is 7.05 Å².